The number of aryl methyl sites for hydroxylation is 3. The number of nitroso groups, excluding NO2 is 1. The number of nitrogens with one attached hydrogen (secondary N) is 2. The predicted octanol–water partition coefficient (Wildman–Crippen LogP) is 5.20. The molecular formula is C19H19ClN4O5S2. The maximum atomic E-state index is 13.0. The van der Waals surface area contributed by atoms with Crippen LogP contribution in [0.5, 0.6) is 0 Å². The molecule has 0 fully saturated rings. The zero-order valence-electron chi connectivity index (χ0n) is 17.0. The first-order valence-corrected chi connectivity index (χ1v) is 11.8. The Labute approximate surface area is 187 Å². The first kappa shape index (κ1) is 22.9. The second-order valence-electron chi connectivity index (χ2n) is 6.91. The average molecular weight is 483 g/mol. The summed E-state index contributed by atoms with van der Waals surface area (Å²) in [7, 11) is -4.18. The summed E-state index contributed by atoms with van der Waals surface area (Å²) < 4.78 is 32.8. The maximum absolute atomic E-state index is 13.0. The molecule has 3 aromatic rings. The number of benzene rings is 1. The molecule has 12 heteroatoms. The minimum absolute atomic E-state index is 0.0279. The molecule has 0 aliphatic carbocycles. The second-order valence-corrected chi connectivity index (χ2v) is 9.86. The Morgan fingerprint density at radius 3 is 2.61 bits per heavy atom. The Balaban J connectivity index is 1.95. The highest BCUT2D eigenvalue weighted by atomic mass is 35.5. The molecule has 0 saturated heterocycles. The van der Waals surface area contributed by atoms with Crippen LogP contribution in [0.3, 0.4) is 0 Å². The van der Waals surface area contributed by atoms with E-state index in [-0.39, 0.29) is 20.7 Å². The highest BCUT2D eigenvalue weighted by molar-refractivity contribution is 7.93. The fourth-order valence-corrected chi connectivity index (χ4v) is 5.49. The van der Waals surface area contributed by atoms with Gasteiger partial charge in [-0.2, -0.15) is 4.91 Å². The Morgan fingerprint density at radius 2 is 2.00 bits per heavy atom. The van der Waals surface area contributed by atoms with Crippen molar-refractivity contribution < 1.29 is 17.7 Å². The van der Waals surface area contributed by atoms with E-state index in [0.29, 0.717) is 16.9 Å². The van der Waals surface area contributed by atoms with Crippen LogP contribution in [0.15, 0.2) is 38.2 Å². The lowest BCUT2D eigenvalue weighted by Crippen LogP contribution is -2.19. The van der Waals surface area contributed by atoms with Gasteiger partial charge in [0.15, 0.2) is 0 Å². The van der Waals surface area contributed by atoms with Gasteiger partial charge in [0, 0.05) is 11.3 Å². The Morgan fingerprint density at radius 1 is 1.29 bits per heavy atom. The van der Waals surface area contributed by atoms with Crippen molar-refractivity contribution in [2.24, 2.45) is 5.18 Å². The van der Waals surface area contributed by atoms with Crippen LogP contribution in [-0.2, 0) is 10.0 Å². The zero-order valence-corrected chi connectivity index (χ0v) is 19.4. The molecule has 2 aromatic heterocycles. The molecule has 0 bridgehead atoms. The zero-order chi connectivity index (χ0) is 22.9. The molecule has 2 heterocycles. The number of hydrogen-bond donors (Lipinski definition) is 2. The fraction of sp³-hybridized carbons (Fsp3) is 0.263. The van der Waals surface area contributed by atoms with E-state index in [1.165, 1.54) is 11.4 Å². The molecule has 31 heavy (non-hydrogen) atoms. The first-order chi connectivity index (χ1) is 14.5. The molecule has 0 aliphatic rings. The van der Waals surface area contributed by atoms with Gasteiger partial charge in [-0.3, -0.25) is 4.79 Å². The van der Waals surface area contributed by atoms with Crippen LogP contribution in [0.4, 0.5) is 11.6 Å². The van der Waals surface area contributed by atoms with Crippen LogP contribution in [0.2, 0.25) is 5.02 Å². The minimum atomic E-state index is -4.18. The van der Waals surface area contributed by atoms with Gasteiger partial charge in [0.2, 0.25) is 0 Å². The van der Waals surface area contributed by atoms with Gasteiger partial charge < -0.3 is 9.84 Å². The number of hydrogen-bond acceptors (Lipinski definition) is 8. The third-order valence-electron chi connectivity index (χ3n) is 4.50. The summed E-state index contributed by atoms with van der Waals surface area (Å²) in [6, 6.07) is 4.21. The van der Waals surface area contributed by atoms with Gasteiger partial charge in [0.25, 0.3) is 21.8 Å². The summed E-state index contributed by atoms with van der Waals surface area (Å²) in [5, 5.41) is 10.9. The first-order valence-electron chi connectivity index (χ1n) is 9.02. The molecule has 9 nitrogen and oxygen atoms in total. The summed E-state index contributed by atoms with van der Waals surface area (Å²) in [6.07, 6.45) is 0. The molecule has 0 radical (unpaired) electrons. The number of amides is 1. The Bertz CT molecular complexity index is 1270. The SMILES string of the molecule is Cc1cc(C)c(NC(=O)c2sccc2S(=O)(=O)Nc2onc(C)c2Cl)c(C(C)N=O)c1. The van der Waals surface area contributed by atoms with Crippen LogP contribution in [0.1, 0.15) is 45.0 Å². The Kier molecular flexibility index (Phi) is 6.48. The average Bonchev–Trinajstić information content (AvgIpc) is 3.32. The van der Waals surface area contributed by atoms with Gasteiger partial charge in [-0.15, -0.1) is 11.3 Å². The number of aromatic nitrogens is 1. The Hall–Kier alpha value is -2.76. The van der Waals surface area contributed by atoms with Crippen molar-refractivity contribution in [2.75, 3.05) is 10.0 Å². The number of halogens is 1. The molecule has 0 spiro atoms. The van der Waals surface area contributed by atoms with E-state index in [1.807, 2.05) is 13.0 Å². The van der Waals surface area contributed by atoms with Crippen LogP contribution in [-0.4, -0.2) is 19.5 Å². The lowest BCUT2D eigenvalue weighted by molar-refractivity contribution is 0.102. The smallest absolute Gasteiger partial charge is 0.267 e. The molecule has 164 valence electrons. The molecule has 1 atom stereocenters. The van der Waals surface area contributed by atoms with Crippen molar-refractivity contribution in [1.29, 1.82) is 0 Å². The molecule has 3 rings (SSSR count). The van der Waals surface area contributed by atoms with Crippen LogP contribution in [0.25, 0.3) is 0 Å². The lowest BCUT2D eigenvalue weighted by atomic mass is 9.99. The van der Waals surface area contributed by atoms with Gasteiger partial charge in [-0.1, -0.05) is 39.6 Å². The van der Waals surface area contributed by atoms with Crippen LogP contribution in [0, 0.1) is 25.7 Å². The monoisotopic (exact) mass is 482 g/mol. The predicted molar refractivity (Wildman–Crippen MR) is 119 cm³/mol. The van der Waals surface area contributed by atoms with Crippen molar-refractivity contribution in [3.05, 3.63) is 60.8 Å². The van der Waals surface area contributed by atoms with E-state index in [0.717, 1.165) is 22.5 Å². The summed E-state index contributed by atoms with van der Waals surface area (Å²) in [5.41, 5.74) is 2.92. The second kappa shape index (κ2) is 8.77. The van der Waals surface area contributed by atoms with Gasteiger partial charge in [-0.25, -0.2) is 13.1 Å². The summed E-state index contributed by atoms with van der Waals surface area (Å²) >= 11 is 6.94. The van der Waals surface area contributed by atoms with E-state index >= 15 is 0 Å². The van der Waals surface area contributed by atoms with Gasteiger partial charge >= 0.3 is 0 Å². The number of carbonyl (C=O) groups is 1. The number of nitrogens with zero attached hydrogens (tertiary/aromatic N) is 2. The summed E-state index contributed by atoms with van der Waals surface area (Å²) in [6.45, 7) is 6.83. The topological polar surface area (TPSA) is 131 Å². The molecular weight excluding hydrogens is 464 g/mol. The minimum Gasteiger partial charge on any atom is -0.336 e. The molecule has 1 amide bonds. The third kappa shape index (κ3) is 4.63. The van der Waals surface area contributed by atoms with Gasteiger partial charge in [0.05, 0.1) is 0 Å². The van der Waals surface area contributed by atoms with Gasteiger partial charge in [0.1, 0.15) is 26.5 Å². The number of rotatable bonds is 7. The van der Waals surface area contributed by atoms with E-state index in [4.69, 9.17) is 16.1 Å². The number of anilines is 2. The summed E-state index contributed by atoms with van der Waals surface area (Å²) in [4.78, 5) is 23.8. The van der Waals surface area contributed by atoms with Crippen molar-refractivity contribution in [2.45, 2.75) is 38.6 Å². The van der Waals surface area contributed by atoms with E-state index < -0.39 is 22.0 Å². The normalized spacial score (nSPS) is 12.4. The fourth-order valence-electron chi connectivity index (χ4n) is 3.00. The molecule has 2 N–H and O–H groups in total. The number of thiophene rings is 1. The largest absolute Gasteiger partial charge is 0.336 e. The van der Waals surface area contributed by atoms with Crippen LogP contribution >= 0.6 is 22.9 Å². The number of sulfonamides is 1. The quantitative estimate of drug-likeness (QED) is 0.445. The molecule has 1 aromatic carbocycles. The molecule has 0 saturated carbocycles. The maximum Gasteiger partial charge on any atom is 0.267 e. The molecule has 0 aliphatic heterocycles. The highest BCUT2D eigenvalue weighted by Gasteiger charge is 2.28. The standard InChI is InChI=1S/C19H19ClN4O5S2/c1-9-7-10(2)16(13(8-9)11(3)22-26)21-18(25)17-14(5-6-30-17)31(27,28)24-19-15(20)12(4)23-29-19/h5-8,11,24H,1-4H3,(H,21,25). The van der Waals surface area contributed by atoms with Crippen LogP contribution < -0.4 is 10.0 Å². The summed E-state index contributed by atoms with van der Waals surface area (Å²) in [5.74, 6) is -0.874. The van der Waals surface area contributed by atoms with Crippen molar-refractivity contribution in [3.8, 4) is 0 Å². The van der Waals surface area contributed by atoms with E-state index in [2.05, 4.69) is 20.4 Å². The van der Waals surface area contributed by atoms with Crippen molar-refractivity contribution in [3.63, 3.8) is 0 Å². The van der Waals surface area contributed by atoms with Crippen molar-refractivity contribution >= 4 is 50.4 Å². The van der Waals surface area contributed by atoms with E-state index in [9.17, 15) is 18.1 Å². The number of carbonyl (C=O) groups excluding carboxylic acids is 1. The molecule has 1 unspecified atom stereocenters. The highest BCUT2D eigenvalue weighted by Crippen LogP contribution is 2.33. The lowest BCUT2D eigenvalue weighted by Gasteiger charge is -2.16. The third-order valence-corrected chi connectivity index (χ3v) is 7.36. The van der Waals surface area contributed by atoms with E-state index in [1.54, 1.807) is 26.8 Å². The van der Waals surface area contributed by atoms with Gasteiger partial charge in [-0.05, 0) is 44.7 Å². The van der Waals surface area contributed by atoms with Crippen molar-refractivity contribution in [1.82, 2.24) is 5.16 Å².